The highest BCUT2D eigenvalue weighted by atomic mass is 16.5. The lowest BCUT2D eigenvalue weighted by Crippen LogP contribution is -2.31. The smallest absolute Gasteiger partial charge is 0.357 e. The molecule has 1 atom stereocenters. The van der Waals surface area contributed by atoms with Gasteiger partial charge in [0.2, 0.25) is 5.95 Å². The van der Waals surface area contributed by atoms with Crippen LogP contribution < -0.4 is 5.32 Å². The summed E-state index contributed by atoms with van der Waals surface area (Å²) in [5, 5.41) is 14.5. The largest absolute Gasteiger partial charge is 0.464 e. The number of carbonyl (C=O) groups is 2. The van der Waals surface area contributed by atoms with Crippen LogP contribution in [0.3, 0.4) is 0 Å². The van der Waals surface area contributed by atoms with E-state index in [9.17, 15) is 9.59 Å². The molecule has 0 radical (unpaired) electrons. The molecular formula is C21H17N5O3. The highest BCUT2D eigenvalue weighted by Crippen LogP contribution is 2.35. The number of tetrazole rings is 1. The highest BCUT2D eigenvalue weighted by Gasteiger charge is 2.37. The van der Waals surface area contributed by atoms with E-state index in [0.717, 1.165) is 11.1 Å². The lowest BCUT2D eigenvalue weighted by Gasteiger charge is -2.27. The maximum atomic E-state index is 13.2. The molecule has 1 aliphatic heterocycles. The highest BCUT2D eigenvalue weighted by molar-refractivity contribution is 6.23. The number of rotatable bonds is 5. The Morgan fingerprint density at radius 3 is 2.45 bits per heavy atom. The van der Waals surface area contributed by atoms with E-state index in [1.54, 1.807) is 6.08 Å². The van der Waals surface area contributed by atoms with Crippen LogP contribution in [0.15, 0.2) is 72.3 Å². The Hall–Kier alpha value is -4.07. The van der Waals surface area contributed by atoms with E-state index < -0.39 is 12.0 Å². The first-order valence-electron chi connectivity index (χ1n) is 8.89. The fraction of sp³-hybridized carbons (Fsp3) is 0.0952. The van der Waals surface area contributed by atoms with Crippen molar-refractivity contribution in [2.75, 3.05) is 12.4 Å². The number of benzene rings is 2. The molecular weight excluding hydrogens is 370 g/mol. The number of hydrogen-bond donors (Lipinski definition) is 1. The van der Waals surface area contributed by atoms with Crippen molar-refractivity contribution in [3.63, 3.8) is 0 Å². The summed E-state index contributed by atoms with van der Waals surface area (Å²) in [6.07, 6.45) is 3.13. The van der Waals surface area contributed by atoms with E-state index in [-0.39, 0.29) is 23.0 Å². The summed E-state index contributed by atoms with van der Waals surface area (Å²) in [6.45, 7) is 0. The molecule has 0 saturated carbocycles. The van der Waals surface area contributed by atoms with Crippen molar-refractivity contribution in [3.05, 3.63) is 83.4 Å². The molecule has 1 unspecified atom stereocenters. The quantitative estimate of drug-likeness (QED) is 0.530. The monoisotopic (exact) mass is 387 g/mol. The van der Waals surface area contributed by atoms with Crippen LogP contribution in [-0.4, -0.2) is 39.1 Å². The number of anilines is 1. The second kappa shape index (κ2) is 7.89. The van der Waals surface area contributed by atoms with Gasteiger partial charge < -0.3 is 10.1 Å². The second-order valence-electron chi connectivity index (χ2n) is 6.26. The summed E-state index contributed by atoms with van der Waals surface area (Å²) in [5.74, 6) is -0.794. The van der Waals surface area contributed by atoms with Crippen LogP contribution in [0.2, 0.25) is 0 Å². The zero-order valence-corrected chi connectivity index (χ0v) is 15.5. The Morgan fingerprint density at radius 2 is 1.76 bits per heavy atom. The minimum atomic E-state index is -0.697. The van der Waals surface area contributed by atoms with Crippen molar-refractivity contribution in [2.45, 2.75) is 6.04 Å². The van der Waals surface area contributed by atoms with Crippen molar-refractivity contribution in [2.24, 2.45) is 0 Å². The molecule has 0 bridgehead atoms. The van der Waals surface area contributed by atoms with Gasteiger partial charge in [-0.2, -0.15) is 4.68 Å². The lowest BCUT2D eigenvalue weighted by atomic mass is 9.92. The standard InChI is InChI=1S/C21H17N5O3/c1-29-20(28)19-17(16(27)13-12-14-8-4-2-5-9-14)18(15-10-6-3-7-11-15)22-21-23-24-25-26(19)21/h2-13,18H,1H3,(H,22,23,25). The van der Waals surface area contributed by atoms with E-state index >= 15 is 0 Å². The predicted octanol–water partition coefficient (Wildman–Crippen LogP) is 2.51. The van der Waals surface area contributed by atoms with Gasteiger partial charge >= 0.3 is 5.97 Å². The van der Waals surface area contributed by atoms with E-state index in [4.69, 9.17) is 4.74 Å². The Morgan fingerprint density at radius 1 is 1.07 bits per heavy atom. The number of fused-ring (bicyclic) bond motifs is 1. The Bertz CT molecular complexity index is 1100. The minimum absolute atomic E-state index is 0.0113. The summed E-state index contributed by atoms with van der Waals surface area (Å²) in [6, 6.07) is 18.1. The van der Waals surface area contributed by atoms with Gasteiger partial charge in [0.05, 0.1) is 18.7 Å². The molecule has 1 aromatic heterocycles. The Kier molecular flexibility index (Phi) is 4.98. The van der Waals surface area contributed by atoms with Crippen LogP contribution in [0, 0.1) is 0 Å². The van der Waals surface area contributed by atoms with E-state index in [1.165, 1.54) is 17.9 Å². The average Bonchev–Trinajstić information content (AvgIpc) is 3.25. The van der Waals surface area contributed by atoms with Gasteiger partial charge in [0, 0.05) is 0 Å². The summed E-state index contributed by atoms with van der Waals surface area (Å²) in [7, 11) is 1.25. The second-order valence-corrected chi connectivity index (χ2v) is 6.26. The molecule has 3 aromatic rings. The van der Waals surface area contributed by atoms with Gasteiger partial charge in [0.25, 0.3) is 0 Å². The van der Waals surface area contributed by atoms with Gasteiger partial charge in [0.1, 0.15) is 0 Å². The van der Waals surface area contributed by atoms with Crippen LogP contribution in [0.4, 0.5) is 5.95 Å². The zero-order valence-electron chi connectivity index (χ0n) is 15.5. The minimum Gasteiger partial charge on any atom is -0.464 e. The third-order valence-corrected chi connectivity index (χ3v) is 4.50. The number of ether oxygens (including phenoxy) is 1. The Labute approximate surface area is 166 Å². The molecule has 1 N–H and O–H groups in total. The van der Waals surface area contributed by atoms with Crippen LogP contribution in [0.1, 0.15) is 17.2 Å². The van der Waals surface area contributed by atoms with E-state index in [1.807, 2.05) is 60.7 Å². The SMILES string of the molecule is COC(=O)C1=C(C(=O)C=Cc2ccccc2)C(c2ccccc2)Nc2nnnn21. The van der Waals surface area contributed by atoms with Crippen molar-refractivity contribution in [3.8, 4) is 0 Å². The summed E-state index contributed by atoms with van der Waals surface area (Å²) >= 11 is 0. The van der Waals surface area contributed by atoms with Gasteiger partial charge in [-0.05, 0) is 27.6 Å². The van der Waals surface area contributed by atoms with Crippen LogP contribution in [0.25, 0.3) is 11.8 Å². The normalized spacial score (nSPS) is 15.7. The zero-order chi connectivity index (χ0) is 20.2. The summed E-state index contributed by atoms with van der Waals surface area (Å²) in [4.78, 5) is 25.8. The molecule has 0 amide bonds. The molecule has 8 heteroatoms. The molecule has 1 aliphatic rings. The van der Waals surface area contributed by atoms with Crippen LogP contribution in [0.5, 0.6) is 0 Å². The summed E-state index contributed by atoms with van der Waals surface area (Å²) in [5.41, 5.74) is 1.85. The number of carbonyl (C=O) groups excluding carboxylic acids is 2. The fourth-order valence-electron chi connectivity index (χ4n) is 3.15. The predicted molar refractivity (Wildman–Crippen MR) is 106 cm³/mol. The first kappa shape index (κ1) is 18.3. The average molecular weight is 387 g/mol. The number of nitrogens with one attached hydrogen (secondary N) is 1. The van der Waals surface area contributed by atoms with Crippen molar-refractivity contribution >= 4 is 29.5 Å². The lowest BCUT2D eigenvalue weighted by molar-refractivity contribution is -0.134. The van der Waals surface area contributed by atoms with E-state index in [2.05, 4.69) is 20.8 Å². The van der Waals surface area contributed by atoms with Gasteiger partial charge in [-0.1, -0.05) is 71.8 Å². The van der Waals surface area contributed by atoms with E-state index in [0.29, 0.717) is 0 Å². The van der Waals surface area contributed by atoms with Gasteiger partial charge in [-0.25, -0.2) is 4.79 Å². The summed E-state index contributed by atoms with van der Waals surface area (Å²) < 4.78 is 6.12. The maximum Gasteiger partial charge on any atom is 0.357 e. The van der Waals surface area contributed by atoms with Gasteiger partial charge in [-0.3, -0.25) is 4.79 Å². The maximum absolute atomic E-state index is 13.2. The number of ketones is 1. The number of allylic oxidation sites excluding steroid dienone is 1. The molecule has 8 nitrogen and oxygen atoms in total. The molecule has 2 aromatic carbocycles. The number of esters is 1. The molecule has 2 heterocycles. The molecule has 0 spiro atoms. The molecule has 29 heavy (non-hydrogen) atoms. The number of aromatic nitrogens is 4. The van der Waals surface area contributed by atoms with Crippen molar-refractivity contribution in [1.82, 2.24) is 20.2 Å². The number of nitrogens with zero attached hydrogens (tertiary/aromatic N) is 4. The number of methoxy groups -OCH3 is 1. The van der Waals surface area contributed by atoms with Gasteiger partial charge in [0.15, 0.2) is 11.5 Å². The van der Waals surface area contributed by atoms with Crippen molar-refractivity contribution in [1.29, 1.82) is 0 Å². The Balaban J connectivity index is 1.85. The molecule has 0 fully saturated rings. The fourth-order valence-corrected chi connectivity index (χ4v) is 3.15. The van der Waals surface area contributed by atoms with Crippen molar-refractivity contribution < 1.29 is 14.3 Å². The third kappa shape index (κ3) is 3.55. The molecule has 144 valence electrons. The third-order valence-electron chi connectivity index (χ3n) is 4.50. The molecule has 4 rings (SSSR count). The molecule has 0 aliphatic carbocycles. The van der Waals surface area contributed by atoms with Crippen LogP contribution >= 0.6 is 0 Å². The van der Waals surface area contributed by atoms with Crippen LogP contribution in [-0.2, 0) is 14.3 Å². The first-order chi connectivity index (χ1) is 14.2. The first-order valence-corrected chi connectivity index (χ1v) is 8.89. The molecule has 0 saturated heterocycles. The number of hydrogen-bond acceptors (Lipinski definition) is 7. The topological polar surface area (TPSA) is 99.0 Å². The van der Waals surface area contributed by atoms with Gasteiger partial charge in [-0.15, -0.1) is 0 Å².